The van der Waals surface area contributed by atoms with Crippen LogP contribution in [0.15, 0.2) is 35.0 Å². The van der Waals surface area contributed by atoms with Crippen molar-refractivity contribution in [1.82, 2.24) is 10.1 Å². The number of nitrogens with zero attached hydrogens (tertiary/aromatic N) is 2. The third kappa shape index (κ3) is 2.94. The van der Waals surface area contributed by atoms with Gasteiger partial charge >= 0.3 is 0 Å². The Hall–Kier alpha value is -1.85. The van der Waals surface area contributed by atoms with Crippen LogP contribution < -0.4 is 4.74 Å². The summed E-state index contributed by atoms with van der Waals surface area (Å²) in [5, 5.41) is 13.9. The lowest BCUT2D eigenvalue weighted by Crippen LogP contribution is -2.24. The molecule has 3 rings (SSSR count). The summed E-state index contributed by atoms with van der Waals surface area (Å²) in [5.74, 6) is 1.68. The number of aliphatic hydroxyl groups is 1. The molecule has 0 unspecified atom stereocenters. The fourth-order valence-electron chi connectivity index (χ4n) is 2.94. The minimum atomic E-state index is -0.304. The lowest BCUT2D eigenvalue weighted by atomic mass is 10.0. The minimum absolute atomic E-state index is 0.185. The van der Waals surface area contributed by atoms with Crippen molar-refractivity contribution in [3.05, 3.63) is 47.3 Å². The molecule has 112 valence electrons. The van der Waals surface area contributed by atoms with Gasteiger partial charge in [-0.3, -0.25) is 4.90 Å². The third-order valence-corrected chi connectivity index (χ3v) is 4.08. The number of aliphatic hydroxyl groups excluding tert-OH is 1. The zero-order valence-corrected chi connectivity index (χ0v) is 12.3. The quantitative estimate of drug-likeness (QED) is 0.935. The Morgan fingerprint density at radius 3 is 3.05 bits per heavy atom. The lowest BCUT2D eigenvalue weighted by molar-refractivity contribution is 0.172. The summed E-state index contributed by atoms with van der Waals surface area (Å²) >= 11 is 0. The molecule has 5 nitrogen and oxygen atoms in total. The number of hydrogen-bond acceptors (Lipinski definition) is 5. The maximum absolute atomic E-state index is 10.0. The van der Waals surface area contributed by atoms with Crippen molar-refractivity contribution < 1.29 is 14.4 Å². The van der Waals surface area contributed by atoms with Crippen LogP contribution in [-0.4, -0.2) is 34.9 Å². The molecule has 1 fully saturated rings. The predicted molar refractivity (Wildman–Crippen MR) is 78.0 cm³/mol. The Labute approximate surface area is 124 Å². The highest BCUT2D eigenvalue weighted by Crippen LogP contribution is 2.35. The number of hydrogen-bond donors (Lipinski definition) is 1. The highest BCUT2D eigenvalue weighted by atomic mass is 16.5. The summed E-state index contributed by atoms with van der Waals surface area (Å²) in [5.41, 5.74) is 2.23. The molecule has 0 radical (unpaired) electrons. The van der Waals surface area contributed by atoms with Crippen LogP contribution in [0.2, 0.25) is 0 Å². The first-order chi connectivity index (χ1) is 10.2. The molecule has 1 saturated heterocycles. The van der Waals surface area contributed by atoms with E-state index in [9.17, 15) is 5.11 Å². The van der Waals surface area contributed by atoms with E-state index in [1.165, 1.54) is 5.56 Å². The first-order valence-electron chi connectivity index (χ1n) is 7.13. The van der Waals surface area contributed by atoms with Gasteiger partial charge in [0.05, 0.1) is 19.4 Å². The molecule has 0 amide bonds. The Kier molecular flexibility index (Phi) is 3.94. The molecule has 0 aliphatic carbocycles. The Morgan fingerprint density at radius 1 is 1.48 bits per heavy atom. The number of aryl methyl sites for hydroxylation is 1. The second-order valence-electron chi connectivity index (χ2n) is 5.52. The van der Waals surface area contributed by atoms with Crippen molar-refractivity contribution in [3.63, 3.8) is 0 Å². The van der Waals surface area contributed by atoms with Crippen LogP contribution >= 0.6 is 0 Å². The van der Waals surface area contributed by atoms with Gasteiger partial charge < -0.3 is 14.4 Å². The number of rotatable bonds is 4. The molecule has 1 aromatic heterocycles. The molecule has 1 aliphatic heterocycles. The molecule has 2 atom stereocenters. The van der Waals surface area contributed by atoms with E-state index in [1.54, 1.807) is 13.3 Å². The summed E-state index contributed by atoms with van der Waals surface area (Å²) in [6.45, 7) is 3.30. The van der Waals surface area contributed by atoms with E-state index < -0.39 is 0 Å². The standard InChI is InChI=1S/C16H20N2O3/c1-11-13(8-17-21-11)9-18-10-14(19)7-16(18)12-4-3-5-15(6-12)20-2/h3-6,8,14,16,19H,7,9-10H2,1-2H3/t14-,16+/m1/s1. The molecule has 0 spiro atoms. The maximum Gasteiger partial charge on any atom is 0.138 e. The Morgan fingerprint density at radius 2 is 2.33 bits per heavy atom. The molecule has 2 aromatic rings. The van der Waals surface area contributed by atoms with Gasteiger partial charge in [0.15, 0.2) is 0 Å². The lowest BCUT2D eigenvalue weighted by Gasteiger charge is -2.24. The number of β-amino-alcohol motifs (C(OH)–C–C–N with tert-alkyl or cyclic N) is 1. The van der Waals surface area contributed by atoms with Gasteiger partial charge in [-0.1, -0.05) is 17.3 Å². The van der Waals surface area contributed by atoms with Crippen LogP contribution in [-0.2, 0) is 6.54 Å². The molecule has 0 saturated carbocycles. The van der Waals surface area contributed by atoms with Gasteiger partial charge in [0.1, 0.15) is 11.5 Å². The molecule has 1 aliphatic rings. The van der Waals surface area contributed by atoms with Gasteiger partial charge in [0, 0.05) is 24.7 Å². The molecular weight excluding hydrogens is 268 g/mol. The number of aromatic nitrogens is 1. The number of benzene rings is 1. The fourth-order valence-corrected chi connectivity index (χ4v) is 2.94. The van der Waals surface area contributed by atoms with Crippen molar-refractivity contribution in [2.45, 2.75) is 32.0 Å². The zero-order valence-electron chi connectivity index (χ0n) is 12.3. The van der Waals surface area contributed by atoms with Crippen molar-refractivity contribution >= 4 is 0 Å². The van der Waals surface area contributed by atoms with Crippen LogP contribution in [0.4, 0.5) is 0 Å². The topological polar surface area (TPSA) is 58.7 Å². The molecule has 1 aromatic carbocycles. The van der Waals surface area contributed by atoms with Crippen LogP contribution in [0, 0.1) is 6.92 Å². The third-order valence-electron chi connectivity index (χ3n) is 4.08. The summed E-state index contributed by atoms with van der Waals surface area (Å²) in [6.07, 6.45) is 2.18. The summed E-state index contributed by atoms with van der Waals surface area (Å²) in [7, 11) is 1.67. The molecular formula is C16H20N2O3. The number of methoxy groups -OCH3 is 1. The van der Waals surface area contributed by atoms with Crippen LogP contribution in [0.3, 0.4) is 0 Å². The summed E-state index contributed by atoms with van der Waals surface area (Å²) < 4.78 is 10.4. The van der Waals surface area contributed by atoms with E-state index in [0.29, 0.717) is 6.54 Å². The van der Waals surface area contributed by atoms with E-state index in [1.807, 2.05) is 25.1 Å². The van der Waals surface area contributed by atoms with Gasteiger partial charge in [0.25, 0.3) is 0 Å². The Balaban J connectivity index is 1.83. The second kappa shape index (κ2) is 5.87. The van der Waals surface area contributed by atoms with Gasteiger partial charge in [-0.15, -0.1) is 0 Å². The molecule has 2 heterocycles. The van der Waals surface area contributed by atoms with E-state index in [0.717, 1.165) is 30.0 Å². The average Bonchev–Trinajstić information content (AvgIpc) is 3.06. The fraction of sp³-hybridized carbons (Fsp3) is 0.438. The largest absolute Gasteiger partial charge is 0.497 e. The van der Waals surface area contributed by atoms with Gasteiger partial charge in [-0.25, -0.2) is 0 Å². The molecule has 5 heteroatoms. The van der Waals surface area contributed by atoms with Crippen molar-refractivity contribution in [3.8, 4) is 5.75 Å². The predicted octanol–water partition coefficient (Wildman–Crippen LogP) is 2.30. The molecule has 21 heavy (non-hydrogen) atoms. The normalized spacial score (nSPS) is 22.6. The minimum Gasteiger partial charge on any atom is -0.497 e. The van der Waals surface area contributed by atoms with E-state index in [-0.39, 0.29) is 12.1 Å². The van der Waals surface area contributed by atoms with Crippen LogP contribution in [0.1, 0.15) is 29.3 Å². The van der Waals surface area contributed by atoms with Gasteiger partial charge in [-0.05, 0) is 31.0 Å². The highest BCUT2D eigenvalue weighted by Gasteiger charge is 2.32. The van der Waals surface area contributed by atoms with Gasteiger partial charge in [-0.2, -0.15) is 0 Å². The molecule has 0 bridgehead atoms. The van der Waals surface area contributed by atoms with E-state index in [4.69, 9.17) is 9.26 Å². The monoisotopic (exact) mass is 288 g/mol. The van der Waals surface area contributed by atoms with Crippen molar-refractivity contribution in [2.24, 2.45) is 0 Å². The average molecular weight is 288 g/mol. The molecule has 1 N–H and O–H groups in total. The number of likely N-dealkylation sites (tertiary alicyclic amines) is 1. The summed E-state index contributed by atoms with van der Waals surface area (Å²) in [6, 6.07) is 8.23. The maximum atomic E-state index is 10.0. The summed E-state index contributed by atoms with van der Waals surface area (Å²) in [4.78, 5) is 2.26. The van der Waals surface area contributed by atoms with Crippen LogP contribution in [0.25, 0.3) is 0 Å². The highest BCUT2D eigenvalue weighted by molar-refractivity contribution is 5.31. The van der Waals surface area contributed by atoms with E-state index >= 15 is 0 Å². The van der Waals surface area contributed by atoms with Gasteiger partial charge in [0.2, 0.25) is 0 Å². The number of ether oxygens (including phenoxy) is 1. The smallest absolute Gasteiger partial charge is 0.138 e. The first kappa shape index (κ1) is 14.1. The van der Waals surface area contributed by atoms with Crippen molar-refractivity contribution in [2.75, 3.05) is 13.7 Å². The van der Waals surface area contributed by atoms with E-state index in [2.05, 4.69) is 16.1 Å². The van der Waals surface area contributed by atoms with Crippen molar-refractivity contribution in [1.29, 1.82) is 0 Å². The van der Waals surface area contributed by atoms with Crippen LogP contribution in [0.5, 0.6) is 5.75 Å². The zero-order chi connectivity index (χ0) is 14.8. The SMILES string of the molecule is COc1cccc([C@@H]2C[C@@H](O)CN2Cc2cnoc2C)c1. The second-order valence-corrected chi connectivity index (χ2v) is 5.52. The Bertz CT molecular complexity index is 611. The first-order valence-corrected chi connectivity index (χ1v) is 7.13.